The molecule has 3 rings (SSSR count). The monoisotopic (exact) mass is 358 g/mol. The van der Waals surface area contributed by atoms with Gasteiger partial charge in [0.15, 0.2) is 11.6 Å². The highest BCUT2D eigenvalue weighted by Crippen LogP contribution is 2.27. The van der Waals surface area contributed by atoms with Gasteiger partial charge in [-0.05, 0) is 37.1 Å². The maximum absolute atomic E-state index is 14.1. The van der Waals surface area contributed by atoms with E-state index in [1.165, 1.54) is 12.1 Å². The Kier molecular flexibility index (Phi) is 5.13. The first kappa shape index (κ1) is 18.2. The Bertz CT molecular complexity index is 804. The number of anilines is 1. The highest BCUT2D eigenvalue weighted by molar-refractivity contribution is 5.97. The topological polar surface area (TPSA) is 64.8 Å². The molecule has 138 valence electrons. The Morgan fingerprint density at radius 1 is 1.12 bits per heavy atom. The second-order valence-electron chi connectivity index (χ2n) is 6.57. The summed E-state index contributed by atoms with van der Waals surface area (Å²) in [5.41, 5.74) is 8.17. The zero-order valence-electron chi connectivity index (χ0n) is 15.2. The van der Waals surface area contributed by atoms with Gasteiger partial charge in [0.2, 0.25) is 0 Å². The van der Waals surface area contributed by atoms with Gasteiger partial charge in [-0.3, -0.25) is 4.79 Å². The van der Waals surface area contributed by atoms with Gasteiger partial charge in [0.25, 0.3) is 5.91 Å². The van der Waals surface area contributed by atoms with Crippen LogP contribution in [0.1, 0.15) is 21.5 Å². The van der Waals surface area contributed by atoms with Crippen molar-refractivity contribution < 1.29 is 18.7 Å². The van der Waals surface area contributed by atoms with Gasteiger partial charge >= 0.3 is 0 Å². The van der Waals surface area contributed by atoms with Gasteiger partial charge < -0.3 is 20.1 Å². The number of amides is 1. The number of nitrogen functional groups attached to an aromatic ring is 1. The van der Waals surface area contributed by atoms with Crippen molar-refractivity contribution in [3.05, 3.63) is 58.9 Å². The summed E-state index contributed by atoms with van der Waals surface area (Å²) in [7, 11) is 1.56. The number of rotatable bonds is 4. The van der Waals surface area contributed by atoms with E-state index in [1.807, 2.05) is 32.0 Å². The van der Waals surface area contributed by atoms with Crippen LogP contribution in [-0.2, 0) is 4.74 Å². The number of likely N-dealkylation sites (tertiary alicyclic amines) is 1. The molecule has 0 aromatic heterocycles. The van der Waals surface area contributed by atoms with Crippen molar-refractivity contribution in [3.8, 4) is 5.75 Å². The van der Waals surface area contributed by atoms with E-state index >= 15 is 0 Å². The predicted molar refractivity (Wildman–Crippen MR) is 97.8 cm³/mol. The SMILES string of the molecule is CO[C@@H]1CN(C(=O)c2c(C)cccc2C)C[C@H]1Oc1cccc(N)c1F. The molecule has 26 heavy (non-hydrogen) atoms. The van der Waals surface area contributed by atoms with Crippen molar-refractivity contribution >= 4 is 11.6 Å². The Morgan fingerprint density at radius 2 is 1.73 bits per heavy atom. The van der Waals surface area contributed by atoms with Gasteiger partial charge in [-0.1, -0.05) is 24.3 Å². The molecule has 1 amide bonds. The first-order valence-corrected chi connectivity index (χ1v) is 8.51. The number of nitrogens with two attached hydrogens (primary N) is 1. The number of aryl methyl sites for hydroxylation is 2. The highest BCUT2D eigenvalue weighted by Gasteiger charge is 2.38. The van der Waals surface area contributed by atoms with E-state index in [2.05, 4.69) is 0 Å². The van der Waals surface area contributed by atoms with E-state index in [0.717, 1.165) is 11.1 Å². The van der Waals surface area contributed by atoms with Gasteiger partial charge in [-0.2, -0.15) is 0 Å². The Hall–Kier alpha value is -2.60. The van der Waals surface area contributed by atoms with E-state index in [0.29, 0.717) is 18.7 Å². The molecule has 0 bridgehead atoms. The fraction of sp³-hybridized carbons (Fsp3) is 0.350. The Morgan fingerprint density at radius 3 is 2.38 bits per heavy atom. The van der Waals surface area contributed by atoms with E-state index in [1.54, 1.807) is 18.1 Å². The fourth-order valence-electron chi connectivity index (χ4n) is 3.34. The van der Waals surface area contributed by atoms with Crippen LogP contribution in [0.2, 0.25) is 0 Å². The van der Waals surface area contributed by atoms with Crippen LogP contribution in [0.15, 0.2) is 36.4 Å². The molecule has 1 aliphatic heterocycles. The Labute approximate surface area is 152 Å². The van der Waals surface area contributed by atoms with E-state index in [4.69, 9.17) is 15.2 Å². The second kappa shape index (κ2) is 7.33. The van der Waals surface area contributed by atoms with Crippen molar-refractivity contribution in [2.75, 3.05) is 25.9 Å². The van der Waals surface area contributed by atoms with Crippen molar-refractivity contribution in [1.82, 2.24) is 4.90 Å². The summed E-state index contributed by atoms with van der Waals surface area (Å²) >= 11 is 0. The molecule has 2 aromatic rings. The molecule has 1 saturated heterocycles. The number of hydrogen-bond acceptors (Lipinski definition) is 4. The van der Waals surface area contributed by atoms with E-state index in [9.17, 15) is 9.18 Å². The van der Waals surface area contributed by atoms with Gasteiger partial charge in [-0.25, -0.2) is 4.39 Å². The summed E-state index contributed by atoms with van der Waals surface area (Å²) in [6, 6.07) is 10.4. The molecule has 0 spiro atoms. The van der Waals surface area contributed by atoms with Crippen LogP contribution >= 0.6 is 0 Å². The van der Waals surface area contributed by atoms with Crippen molar-refractivity contribution in [2.24, 2.45) is 0 Å². The van der Waals surface area contributed by atoms with Crippen LogP contribution in [0.4, 0.5) is 10.1 Å². The number of nitrogens with zero attached hydrogens (tertiary/aromatic N) is 1. The number of ether oxygens (including phenoxy) is 2. The third kappa shape index (κ3) is 3.37. The average molecular weight is 358 g/mol. The van der Waals surface area contributed by atoms with Gasteiger partial charge in [0, 0.05) is 12.7 Å². The van der Waals surface area contributed by atoms with Crippen LogP contribution in [0.3, 0.4) is 0 Å². The van der Waals surface area contributed by atoms with Crippen LogP contribution in [0.25, 0.3) is 0 Å². The van der Waals surface area contributed by atoms with Crippen molar-refractivity contribution in [1.29, 1.82) is 0 Å². The maximum atomic E-state index is 14.1. The third-order valence-corrected chi connectivity index (χ3v) is 4.77. The molecular weight excluding hydrogens is 335 g/mol. The quantitative estimate of drug-likeness (QED) is 0.854. The summed E-state index contributed by atoms with van der Waals surface area (Å²) < 4.78 is 25.4. The average Bonchev–Trinajstić information content (AvgIpc) is 3.01. The number of methoxy groups -OCH3 is 1. The molecule has 2 aromatic carbocycles. The minimum absolute atomic E-state index is 0.0259. The Balaban J connectivity index is 1.81. The summed E-state index contributed by atoms with van der Waals surface area (Å²) in [4.78, 5) is 14.7. The molecule has 1 heterocycles. The highest BCUT2D eigenvalue weighted by atomic mass is 19.1. The molecule has 2 N–H and O–H groups in total. The summed E-state index contributed by atoms with van der Waals surface area (Å²) in [6.45, 7) is 4.54. The van der Waals surface area contributed by atoms with E-state index in [-0.39, 0.29) is 23.4 Å². The third-order valence-electron chi connectivity index (χ3n) is 4.77. The molecule has 6 heteroatoms. The number of benzene rings is 2. The van der Waals surface area contributed by atoms with Gasteiger partial charge in [0.1, 0.15) is 12.2 Å². The molecule has 1 fully saturated rings. The summed E-state index contributed by atoms with van der Waals surface area (Å²) in [5.74, 6) is -0.595. The van der Waals surface area contributed by atoms with Crippen molar-refractivity contribution in [2.45, 2.75) is 26.1 Å². The predicted octanol–water partition coefficient (Wildman–Crippen LogP) is 2.94. The number of carbonyl (C=O) groups excluding carboxylic acids is 1. The minimum atomic E-state index is -0.595. The molecule has 0 radical (unpaired) electrons. The zero-order valence-corrected chi connectivity index (χ0v) is 15.2. The minimum Gasteiger partial charge on any atom is -0.483 e. The van der Waals surface area contributed by atoms with Crippen LogP contribution in [-0.4, -0.2) is 43.2 Å². The smallest absolute Gasteiger partial charge is 0.254 e. The molecule has 2 atom stereocenters. The molecule has 5 nitrogen and oxygen atoms in total. The largest absolute Gasteiger partial charge is 0.483 e. The molecule has 0 saturated carbocycles. The number of halogens is 1. The van der Waals surface area contributed by atoms with Crippen LogP contribution in [0, 0.1) is 19.7 Å². The number of hydrogen-bond donors (Lipinski definition) is 1. The molecular formula is C20H23FN2O3. The first-order chi connectivity index (χ1) is 12.4. The zero-order chi connectivity index (χ0) is 18.8. The lowest BCUT2D eigenvalue weighted by atomic mass is 10.0. The lowest BCUT2D eigenvalue weighted by Gasteiger charge is -2.20. The van der Waals surface area contributed by atoms with Gasteiger partial charge in [0.05, 0.1) is 18.8 Å². The van der Waals surface area contributed by atoms with E-state index < -0.39 is 11.9 Å². The van der Waals surface area contributed by atoms with Crippen LogP contribution in [0.5, 0.6) is 5.75 Å². The maximum Gasteiger partial charge on any atom is 0.254 e. The second-order valence-corrected chi connectivity index (χ2v) is 6.57. The fourth-order valence-corrected chi connectivity index (χ4v) is 3.34. The first-order valence-electron chi connectivity index (χ1n) is 8.51. The molecule has 1 aliphatic rings. The molecule has 0 unspecified atom stereocenters. The molecule has 0 aliphatic carbocycles. The van der Waals surface area contributed by atoms with Gasteiger partial charge in [-0.15, -0.1) is 0 Å². The lowest BCUT2D eigenvalue weighted by Crippen LogP contribution is -2.32. The normalized spacial score (nSPS) is 19.6. The summed E-state index contributed by atoms with van der Waals surface area (Å²) in [6.07, 6.45) is -0.811. The number of carbonyl (C=O) groups is 1. The summed E-state index contributed by atoms with van der Waals surface area (Å²) in [5, 5.41) is 0. The van der Waals surface area contributed by atoms with Crippen molar-refractivity contribution in [3.63, 3.8) is 0 Å². The standard InChI is InChI=1S/C20H23FN2O3/c1-12-6-4-7-13(2)18(12)20(24)23-10-16(25-3)17(11-23)26-15-9-5-8-14(22)19(15)21/h4-9,16-17H,10-11,22H2,1-3H3/t16-,17-/m1/s1. The lowest BCUT2D eigenvalue weighted by molar-refractivity contribution is 0.0323. The van der Waals surface area contributed by atoms with Crippen LogP contribution < -0.4 is 10.5 Å².